The SMILES string of the molecule is CCOC(=O)C(F)(F)Oc1ccc(Cl)c2ccccc12. The maximum Gasteiger partial charge on any atom is 0.502 e. The van der Waals surface area contributed by atoms with Crippen LogP contribution in [0.2, 0.25) is 5.02 Å². The van der Waals surface area contributed by atoms with Crippen molar-refractivity contribution < 1.29 is 23.0 Å². The summed E-state index contributed by atoms with van der Waals surface area (Å²) in [5.74, 6) is -1.86. The Hall–Kier alpha value is -1.88. The van der Waals surface area contributed by atoms with Gasteiger partial charge in [0.25, 0.3) is 0 Å². The molecule has 0 fully saturated rings. The number of ether oxygens (including phenoxy) is 2. The Morgan fingerprint density at radius 2 is 1.85 bits per heavy atom. The van der Waals surface area contributed by atoms with Crippen LogP contribution < -0.4 is 4.74 Å². The minimum Gasteiger partial charge on any atom is -0.459 e. The third kappa shape index (κ3) is 2.82. The Morgan fingerprint density at radius 1 is 1.20 bits per heavy atom. The van der Waals surface area contributed by atoms with Crippen molar-refractivity contribution in [2.45, 2.75) is 13.0 Å². The van der Waals surface area contributed by atoms with Crippen LogP contribution in [-0.2, 0) is 9.53 Å². The zero-order chi connectivity index (χ0) is 14.8. The van der Waals surface area contributed by atoms with Crippen molar-refractivity contribution in [3.05, 3.63) is 41.4 Å². The number of esters is 1. The molecule has 0 aliphatic heterocycles. The van der Waals surface area contributed by atoms with Gasteiger partial charge >= 0.3 is 12.1 Å². The summed E-state index contributed by atoms with van der Waals surface area (Å²) < 4.78 is 36.0. The predicted molar refractivity (Wildman–Crippen MR) is 71.2 cm³/mol. The molecule has 106 valence electrons. The quantitative estimate of drug-likeness (QED) is 0.800. The molecule has 0 atom stereocenters. The number of fused-ring (bicyclic) bond motifs is 1. The van der Waals surface area contributed by atoms with Crippen molar-refractivity contribution in [1.82, 2.24) is 0 Å². The lowest BCUT2D eigenvalue weighted by atomic mass is 10.1. The van der Waals surface area contributed by atoms with Crippen LogP contribution in [0.3, 0.4) is 0 Å². The van der Waals surface area contributed by atoms with Crippen molar-refractivity contribution in [3.63, 3.8) is 0 Å². The maximum atomic E-state index is 13.6. The van der Waals surface area contributed by atoms with Gasteiger partial charge in [-0.3, -0.25) is 0 Å². The first-order valence-corrected chi connectivity index (χ1v) is 6.25. The van der Waals surface area contributed by atoms with E-state index in [4.69, 9.17) is 11.6 Å². The molecule has 0 radical (unpaired) electrons. The van der Waals surface area contributed by atoms with E-state index in [1.807, 2.05) is 0 Å². The molecular formula is C14H11ClF2O3. The van der Waals surface area contributed by atoms with Gasteiger partial charge in [-0.25, -0.2) is 4.79 Å². The average Bonchev–Trinajstić information content (AvgIpc) is 2.42. The van der Waals surface area contributed by atoms with E-state index in [0.29, 0.717) is 15.8 Å². The van der Waals surface area contributed by atoms with Crippen molar-refractivity contribution in [2.75, 3.05) is 6.61 Å². The summed E-state index contributed by atoms with van der Waals surface area (Å²) in [4.78, 5) is 11.1. The molecule has 0 saturated carbocycles. The lowest BCUT2D eigenvalue weighted by molar-refractivity contribution is -0.216. The predicted octanol–water partition coefficient (Wildman–Crippen LogP) is 4.03. The van der Waals surface area contributed by atoms with Crippen molar-refractivity contribution in [1.29, 1.82) is 0 Å². The fourth-order valence-electron chi connectivity index (χ4n) is 1.72. The zero-order valence-corrected chi connectivity index (χ0v) is 11.3. The maximum absolute atomic E-state index is 13.6. The van der Waals surface area contributed by atoms with Crippen LogP contribution in [0.25, 0.3) is 10.8 Å². The van der Waals surface area contributed by atoms with Crippen LogP contribution in [0.5, 0.6) is 5.75 Å². The van der Waals surface area contributed by atoms with Gasteiger partial charge < -0.3 is 9.47 Å². The second-order valence-electron chi connectivity index (χ2n) is 3.93. The number of carbonyl (C=O) groups excluding carboxylic acids is 1. The molecule has 20 heavy (non-hydrogen) atoms. The largest absolute Gasteiger partial charge is 0.502 e. The van der Waals surface area contributed by atoms with Crippen molar-refractivity contribution in [2.24, 2.45) is 0 Å². The highest BCUT2D eigenvalue weighted by Crippen LogP contribution is 2.34. The molecular weight excluding hydrogens is 290 g/mol. The van der Waals surface area contributed by atoms with E-state index in [1.165, 1.54) is 19.1 Å². The van der Waals surface area contributed by atoms with E-state index in [2.05, 4.69) is 9.47 Å². The van der Waals surface area contributed by atoms with E-state index in [0.717, 1.165) is 0 Å². The van der Waals surface area contributed by atoms with Gasteiger partial charge in [0, 0.05) is 15.8 Å². The highest BCUT2D eigenvalue weighted by Gasteiger charge is 2.44. The molecule has 0 spiro atoms. The Balaban J connectivity index is 2.39. The molecule has 2 aromatic carbocycles. The molecule has 6 heteroatoms. The van der Waals surface area contributed by atoms with Crippen LogP contribution in [-0.4, -0.2) is 18.7 Å². The van der Waals surface area contributed by atoms with Gasteiger partial charge in [-0.05, 0) is 19.1 Å². The Kier molecular flexibility index (Phi) is 4.09. The zero-order valence-electron chi connectivity index (χ0n) is 10.5. The molecule has 2 aromatic rings. The first kappa shape index (κ1) is 14.5. The Bertz CT molecular complexity index is 643. The third-order valence-electron chi connectivity index (χ3n) is 2.58. The fraction of sp³-hybridized carbons (Fsp3) is 0.214. The lowest BCUT2D eigenvalue weighted by Crippen LogP contribution is -2.36. The molecule has 2 rings (SSSR count). The monoisotopic (exact) mass is 300 g/mol. The van der Waals surface area contributed by atoms with E-state index < -0.39 is 12.1 Å². The molecule has 0 aliphatic rings. The highest BCUT2D eigenvalue weighted by atomic mass is 35.5. The number of halogens is 3. The van der Waals surface area contributed by atoms with Crippen LogP contribution in [0.1, 0.15) is 6.92 Å². The van der Waals surface area contributed by atoms with Crippen LogP contribution >= 0.6 is 11.6 Å². The van der Waals surface area contributed by atoms with Crippen LogP contribution in [0.15, 0.2) is 36.4 Å². The van der Waals surface area contributed by atoms with Crippen molar-refractivity contribution >= 4 is 28.3 Å². The van der Waals surface area contributed by atoms with Gasteiger partial charge in [0.15, 0.2) is 0 Å². The molecule has 0 saturated heterocycles. The Morgan fingerprint density at radius 3 is 2.50 bits per heavy atom. The van der Waals surface area contributed by atoms with Gasteiger partial charge in [-0.15, -0.1) is 0 Å². The summed E-state index contributed by atoms with van der Waals surface area (Å²) >= 11 is 5.98. The van der Waals surface area contributed by atoms with Gasteiger partial charge in [0.05, 0.1) is 6.61 Å². The molecule has 0 unspecified atom stereocenters. The fourth-order valence-corrected chi connectivity index (χ4v) is 1.95. The number of alkyl halides is 2. The Labute approximate surface area is 119 Å². The van der Waals surface area contributed by atoms with E-state index in [9.17, 15) is 13.6 Å². The van der Waals surface area contributed by atoms with Gasteiger partial charge in [0.1, 0.15) is 5.75 Å². The standard InChI is InChI=1S/C14H11ClF2O3/c1-2-19-13(18)14(16,17)20-12-8-7-11(15)9-5-3-4-6-10(9)12/h3-8H,2H2,1H3. The summed E-state index contributed by atoms with van der Waals surface area (Å²) in [6.45, 7) is 1.28. The third-order valence-corrected chi connectivity index (χ3v) is 2.91. The number of carbonyl (C=O) groups is 1. The summed E-state index contributed by atoms with van der Waals surface area (Å²) in [6.07, 6.45) is -4.05. The summed E-state index contributed by atoms with van der Waals surface area (Å²) in [7, 11) is 0. The second-order valence-corrected chi connectivity index (χ2v) is 4.34. The number of hydrogen-bond donors (Lipinski definition) is 0. The number of hydrogen-bond acceptors (Lipinski definition) is 3. The smallest absolute Gasteiger partial charge is 0.459 e. The molecule has 0 N–H and O–H groups in total. The molecule has 0 bridgehead atoms. The summed E-state index contributed by atoms with van der Waals surface area (Å²) in [5.41, 5.74) is 0. The molecule has 0 heterocycles. The van der Waals surface area contributed by atoms with E-state index in [-0.39, 0.29) is 12.4 Å². The number of benzene rings is 2. The van der Waals surface area contributed by atoms with Gasteiger partial charge in [0.2, 0.25) is 0 Å². The summed E-state index contributed by atoms with van der Waals surface area (Å²) in [6, 6.07) is 9.36. The van der Waals surface area contributed by atoms with Crippen molar-refractivity contribution in [3.8, 4) is 5.75 Å². The summed E-state index contributed by atoms with van der Waals surface area (Å²) in [5, 5.41) is 1.36. The minimum atomic E-state index is -4.05. The second kappa shape index (κ2) is 5.63. The lowest BCUT2D eigenvalue weighted by Gasteiger charge is -2.17. The molecule has 0 aromatic heterocycles. The molecule has 0 aliphatic carbocycles. The number of rotatable bonds is 4. The molecule has 0 amide bonds. The van der Waals surface area contributed by atoms with E-state index >= 15 is 0 Å². The normalized spacial score (nSPS) is 11.4. The first-order chi connectivity index (χ1) is 9.45. The van der Waals surface area contributed by atoms with Gasteiger partial charge in [-0.1, -0.05) is 35.9 Å². The van der Waals surface area contributed by atoms with E-state index in [1.54, 1.807) is 24.3 Å². The van der Waals surface area contributed by atoms with Crippen LogP contribution in [0, 0.1) is 0 Å². The van der Waals surface area contributed by atoms with Crippen LogP contribution in [0.4, 0.5) is 8.78 Å². The average molecular weight is 301 g/mol. The minimum absolute atomic E-state index is 0.136. The topological polar surface area (TPSA) is 35.5 Å². The first-order valence-electron chi connectivity index (χ1n) is 5.87. The van der Waals surface area contributed by atoms with Gasteiger partial charge in [-0.2, -0.15) is 8.78 Å². The highest BCUT2D eigenvalue weighted by molar-refractivity contribution is 6.35. The molecule has 3 nitrogen and oxygen atoms in total.